The zero-order chi connectivity index (χ0) is 10.5. The first-order valence-electron chi connectivity index (χ1n) is 5.66. The summed E-state index contributed by atoms with van der Waals surface area (Å²) in [5.41, 5.74) is 0. The lowest BCUT2D eigenvalue weighted by Gasteiger charge is -2.12. The summed E-state index contributed by atoms with van der Waals surface area (Å²) >= 11 is 3.71. The maximum Gasteiger partial charge on any atom is 0.0678 e. The number of thioether (sulfide) groups is 1. The van der Waals surface area contributed by atoms with Crippen molar-refractivity contribution in [3.63, 3.8) is 0 Å². The molecule has 1 fully saturated rings. The van der Waals surface area contributed by atoms with E-state index in [9.17, 15) is 5.11 Å². The molecule has 1 aliphatic carbocycles. The Balaban J connectivity index is 1.66. The first kappa shape index (κ1) is 11.5. The number of hydrogen-bond acceptors (Lipinski definition) is 3. The summed E-state index contributed by atoms with van der Waals surface area (Å²) in [4.78, 5) is 1.30. The van der Waals surface area contributed by atoms with Gasteiger partial charge < -0.3 is 5.11 Å². The van der Waals surface area contributed by atoms with Gasteiger partial charge in [-0.05, 0) is 24.3 Å². The number of thiophene rings is 1. The molecular formula is C12H18OS2. The molecule has 1 N–H and O–H groups in total. The fourth-order valence-electron chi connectivity index (χ4n) is 2.02. The SMILES string of the molecule is OC(CSC1CCCC1)Cc1cccs1. The zero-order valence-corrected chi connectivity index (χ0v) is 10.5. The minimum Gasteiger partial charge on any atom is -0.392 e. The van der Waals surface area contributed by atoms with E-state index in [1.165, 1.54) is 30.6 Å². The van der Waals surface area contributed by atoms with Crippen LogP contribution < -0.4 is 0 Å². The molecule has 0 spiro atoms. The topological polar surface area (TPSA) is 20.2 Å². The van der Waals surface area contributed by atoms with Gasteiger partial charge in [0, 0.05) is 22.3 Å². The van der Waals surface area contributed by atoms with Crippen LogP contribution in [0.2, 0.25) is 0 Å². The molecule has 0 amide bonds. The second-order valence-corrected chi connectivity index (χ2v) is 6.54. The van der Waals surface area contributed by atoms with Crippen molar-refractivity contribution in [1.82, 2.24) is 0 Å². The Kier molecular flexibility index (Phi) is 4.54. The highest BCUT2D eigenvalue weighted by Gasteiger charge is 2.17. The monoisotopic (exact) mass is 242 g/mol. The lowest BCUT2D eigenvalue weighted by Crippen LogP contribution is -2.14. The van der Waals surface area contributed by atoms with Gasteiger partial charge in [0.05, 0.1) is 6.10 Å². The van der Waals surface area contributed by atoms with Gasteiger partial charge in [-0.3, -0.25) is 0 Å². The first-order chi connectivity index (χ1) is 7.34. The van der Waals surface area contributed by atoms with E-state index >= 15 is 0 Å². The van der Waals surface area contributed by atoms with E-state index in [2.05, 4.69) is 17.5 Å². The Hall–Kier alpha value is 0.01000. The summed E-state index contributed by atoms with van der Waals surface area (Å²) < 4.78 is 0. The Morgan fingerprint density at radius 3 is 2.93 bits per heavy atom. The Morgan fingerprint density at radius 1 is 1.47 bits per heavy atom. The Morgan fingerprint density at radius 2 is 2.27 bits per heavy atom. The highest BCUT2D eigenvalue weighted by Crippen LogP contribution is 2.30. The smallest absolute Gasteiger partial charge is 0.0678 e. The van der Waals surface area contributed by atoms with Crippen LogP contribution in [0.3, 0.4) is 0 Å². The van der Waals surface area contributed by atoms with E-state index in [-0.39, 0.29) is 6.10 Å². The van der Waals surface area contributed by atoms with Crippen LogP contribution in [0.5, 0.6) is 0 Å². The summed E-state index contributed by atoms with van der Waals surface area (Å²) in [6.45, 7) is 0. The van der Waals surface area contributed by atoms with Crippen LogP contribution in [-0.4, -0.2) is 22.2 Å². The van der Waals surface area contributed by atoms with Crippen LogP contribution in [0.4, 0.5) is 0 Å². The molecule has 0 aliphatic heterocycles. The van der Waals surface area contributed by atoms with Gasteiger partial charge in [0.15, 0.2) is 0 Å². The van der Waals surface area contributed by atoms with Gasteiger partial charge in [-0.15, -0.1) is 11.3 Å². The van der Waals surface area contributed by atoms with E-state index in [1.807, 2.05) is 11.8 Å². The quantitative estimate of drug-likeness (QED) is 0.854. The molecule has 1 atom stereocenters. The van der Waals surface area contributed by atoms with Crippen molar-refractivity contribution in [1.29, 1.82) is 0 Å². The van der Waals surface area contributed by atoms with E-state index in [0.29, 0.717) is 0 Å². The van der Waals surface area contributed by atoms with Gasteiger partial charge in [-0.1, -0.05) is 18.9 Å². The summed E-state index contributed by atoms with van der Waals surface area (Å²) in [5, 5.41) is 12.8. The van der Waals surface area contributed by atoms with Crippen LogP contribution in [0.15, 0.2) is 17.5 Å². The standard InChI is InChI=1S/C12H18OS2/c13-10(8-12-6-3-7-14-12)9-15-11-4-1-2-5-11/h3,6-7,10-11,13H,1-2,4-5,8-9H2. The molecule has 1 heterocycles. The van der Waals surface area contributed by atoms with E-state index in [4.69, 9.17) is 0 Å². The van der Waals surface area contributed by atoms with Gasteiger partial charge in [-0.25, -0.2) is 0 Å². The molecule has 1 unspecified atom stereocenters. The largest absolute Gasteiger partial charge is 0.392 e. The van der Waals surface area contributed by atoms with E-state index < -0.39 is 0 Å². The third-order valence-electron chi connectivity index (χ3n) is 2.84. The second kappa shape index (κ2) is 5.92. The molecular weight excluding hydrogens is 224 g/mol. The predicted molar refractivity (Wildman–Crippen MR) is 68.7 cm³/mol. The van der Waals surface area contributed by atoms with E-state index in [0.717, 1.165) is 17.4 Å². The van der Waals surface area contributed by atoms with Crippen LogP contribution in [0, 0.1) is 0 Å². The Bertz CT molecular complexity index is 265. The normalized spacial score (nSPS) is 19.5. The first-order valence-corrected chi connectivity index (χ1v) is 7.59. The van der Waals surface area contributed by atoms with Crippen molar-refractivity contribution in [3.05, 3.63) is 22.4 Å². The molecule has 15 heavy (non-hydrogen) atoms. The van der Waals surface area contributed by atoms with Gasteiger partial charge in [0.25, 0.3) is 0 Å². The fraction of sp³-hybridized carbons (Fsp3) is 0.667. The molecule has 3 heteroatoms. The maximum atomic E-state index is 9.87. The molecule has 0 radical (unpaired) electrons. The predicted octanol–water partition coefficient (Wildman–Crippen LogP) is 3.33. The molecule has 1 saturated carbocycles. The lowest BCUT2D eigenvalue weighted by molar-refractivity contribution is 0.201. The molecule has 0 saturated heterocycles. The number of hydrogen-bond donors (Lipinski definition) is 1. The highest BCUT2D eigenvalue weighted by molar-refractivity contribution is 7.99. The van der Waals surface area contributed by atoms with Crippen molar-refractivity contribution < 1.29 is 5.11 Å². The molecule has 1 nitrogen and oxygen atoms in total. The van der Waals surface area contributed by atoms with Crippen LogP contribution >= 0.6 is 23.1 Å². The van der Waals surface area contributed by atoms with Gasteiger partial charge >= 0.3 is 0 Å². The number of aliphatic hydroxyl groups is 1. The molecule has 84 valence electrons. The lowest BCUT2D eigenvalue weighted by atomic mass is 10.2. The summed E-state index contributed by atoms with van der Waals surface area (Å²) in [5.74, 6) is 0.905. The average molecular weight is 242 g/mol. The zero-order valence-electron chi connectivity index (χ0n) is 8.89. The number of rotatable bonds is 5. The van der Waals surface area contributed by atoms with Crippen LogP contribution in [-0.2, 0) is 6.42 Å². The van der Waals surface area contributed by atoms with Crippen LogP contribution in [0.25, 0.3) is 0 Å². The van der Waals surface area contributed by atoms with Gasteiger partial charge in [-0.2, -0.15) is 11.8 Å². The molecule has 1 aromatic heterocycles. The minimum atomic E-state index is -0.158. The highest BCUT2D eigenvalue weighted by atomic mass is 32.2. The third-order valence-corrected chi connectivity index (χ3v) is 5.26. The number of aliphatic hydroxyl groups excluding tert-OH is 1. The molecule has 2 rings (SSSR count). The summed E-state index contributed by atoms with van der Waals surface area (Å²) in [6, 6.07) is 4.16. The molecule has 0 aromatic carbocycles. The Labute approximate surface area is 99.9 Å². The molecule has 1 aromatic rings. The van der Waals surface area contributed by atoms with Gasteiger partial charge in [0.2, 0.25) is 0 Å². The van der Waals surface area contributed by atoms with Crippen molar-refractivity contribution in [2.75, 3.05) is 5.75 Å². The minimum absolute atomic E-state index is 0.158. The van der Waals surface area contributed by atoms with Crippen molar-refractivity contribution in [3.8, 4) is 0 Å². The van der Waals surface area contributed by atoms with Crippen LogP contribution in [0.1, 0.15) is 30.6 Å². The summed E-state index contributed by atoms with van der Waals surface area (Å²) in [7, 11) is 0. The molecule has 1 aliphatic rings. The molecule has 0 bridgehead atoms. The van der Waals surface area contributed by atoms with Crippen molar-refractivity contribution in [2.24, 2.45) is 0 Å². The van der Waals surface area contributed by atoms with Crippen molar-refractivity contribution in [2.45, 2.75) is 43.5 Å². The van der Waals surface area contributed by atoms with Crippen molar-refractivity contribution >= 4 is 23.1 Å². The second-order valence-electron chi connectivity index (χ2n) is 4.18. The van der Waals surface area contributed by atoms with Gasteiger partial charge in [0.1, 0.15) is 0 Å². The third kappa shape index (κ3) is 3.82. The maximum absolute atomic E-state index is 9.87. The van der Waals surface area contributed by atoms with E-state index in [1.54, 1.807) is 11.3 Å². The summed E-state index contributed by atoms with van der Waals surface area (Å²) in [6.07, 6.45) is 6.16. The average Bonchev–Trinajstić information content (AvgIpc) is 2.86. The fourth-order valence-corrected chi connectivity index (χ4v) is 4.08.